The molecule has 1 heterocycles. The van der Waals surface area contributed by atoms with Crippen molar-refractivity contribution in [2.75, 3.05) is 5.73 Å². The van der Waals surface area contributed by atoms with Crippen molar-refractivity contribution in [3.05, 3.63) is 36.0 Å². The van der Waals surface area contributed by atoms with Gasteiger partial charge < -0.3 is 10.3 Å². The number of nitrogens with one attached hydrogen (secondary N) is 1. The first kappa shape index (κ1) is 13.0. The number of aromatic nitrogens is 2. The average molecular weight is 279 g/mol. The van der Waals surface area contributed by atoms with Crippen LogP contribution in [0.3, 0.4) is 0 Å². The van der Waals surface area contributed by atoms with Gasteiger partial charge in [0.15, 0.2) is 5.82 Å². The summed E-state index contributed by atoms with van der Waals surface area (Å²) < 4.78 is 30.7. The number of nitriles is 1. The van der Waals surface area contributed by atoms with Crippen LogP contribution < -0.4 is 10.5 Å². The Labute approximate surface area is 108 Å². The molecule has 0 spiro atoms. The first-order valence-electron chi connectivity index (χ1n) is 5.07. The summed E-state index contributed by atoms with van der Waals surface area (Å²) >= 11 is 0. The summed E-state index contributed by atoms with van der Waals surface area (Å²) in [5.74, 6) is 0.204. The summed E-state index contributed by atoms with van der Waals surface area (Å²) in [4.78, 5) is 3.58. The van der Waals surface area contributed by atoms with Gasteiger partial charge in [-0.15, -0.1) is 0 Å². The molecule has 0 bridgehead atoms. The maximum absolute atomic E-state index is 12.0. The fourth-order valence-corrected chi connectivity index (χ4v) is 2.46. The molecule has 0 aliphatic carbocycles. The summed E-state index contributed by atoms with van der Waals surface area (Å²) in [6, 6.07) is 5.81. The van der Waals surface area contributed by atoms with E-state index in [0.717, 1.165) is 6.39 Å². The Kier molecular flexibility index (Phi) is 3.46. The maximum Gasteiger partial charge on any atom is 0.243 e. The third-order valence-electron chi connectivity index (χ3n) is 2.26. The van der Waals surface area contributed by atoms with Crippen molar-refractivity contribution in [3.63, 3.8) is 0 Å². The number of rotatable bonds is 4. The highest BCUT2D eigenvalue weighted by Gasteiger charge is 2.18. The van der Waals surface area contributed by atoms with Gasteiger partial charge in [-0.3, -0.25) is 0 Å². The van der Waals surface area contributed by atoms with Gasteiger partial charge in [-0.05, 0) is 18.2 Å². The van der Waals surface area contributed by atoms with Gasteiger partial charge in [-0.25, -0.2) is 13.1 Å². The highest BCUT2D eigenvalue weighted by Crippen LogP contribution is 2.19. The largest absolute Gasteiger partial charge is 0.398 e. The Balaban J connectivity index is 2.22. The van der Waals surface area contributed by atoms with Crippen molar-refractivity contribution in [3.8, 4) is 6.07 Å². The quantitative estimate of drug-likeness (QED) is 0.752. The van der Waals surface area contributed by atoms with Crippen LogP contribution in [0.4, 0.5) is 5.69 Å². The lowest BCUT2D eigenvalue weighted by molar-refractivity contribution is 0.409. The second-order valence-electron chi connectivity index (χ2n) is 3.54. The van der Waals surface area contributed by atoms with E-state index in [1.54, 1.807) is 0 Å². The molecular formula is C10H9N5O3S. The minimum Gasteiger partial charge on any atom is -0.398 e. The molecule has 0 saturated carbocycles. The van der Waals surface area contributed by atoms with Crippen molar-refractivity contribution in [2.45, 2.75) is 11.4 Å². The second kappa shape index (κ2) is 5.05. The van der Waals surface area contributed by atoms with Crippen molar-refractivity contribution >= 4 is 15.7 Å². The van der Waals surface area contributed by atoms with Gasteiger partial charge in [-0.1, -0.05) is 5.16 Å². The van der Waals surface area contributed by atoms with Gasteiger partial charge in [-0.2, -0.15) is 10.2 Å². The lowest BCUT2D eigenvalue weighted by Gasteiger charge is -2.07. The minimum atomic E-state index is -3.80. The molecular weight excluding hydrogens is 270 g/mol. The van der Waals surface area contributed by atoms with Gasteiger partial charge in [0.05, 0.1) is 23.9 Å². The van der Waals surface area contributed by atoms with E-state index in [2.05, 4.69) is 19.4 Å². The molecule has 0 amide bonds. The van der Waals surface area contributed by atoms with E-state index in [1.165, 1.54) is 18.2 Å². The minimum absolute atomic E-state index is 0.000313. The number of hydrogen-bond acceptors (Lipinski definition) is 7. The Morgan fingerprint density at radius 1 is 1.47 bits per heavy atom. The fourth-order valence-electron chi connectivity index (χ4n) is 1.37. The van der Waals surface area contributed by atoms with Crippen LogP contribution in [0.1, 0.15) is 11.4 Å². The number of sulfonamides is 1. The number of nitrogens with zero attached hydrogens (tertiary/aromatic N) is 3. The van der Waals surface area contributed by atoms with Gasteiger partial charge >= 0.3 is 0 Å². The summed E-state index contributed by atoms with van der Waals surface area (Å²) in [6.07, 6.45) is 1.10. The van der Waals surface area contributed by atoms with Crippen LogP contribution in [0.15, 0.2) is 34.0 Å². The molecule has 2 rings (SSSR count). The van der Waals surface area contributed by atoms with E-state index in [1.807, 2.05) is 6.07 Å². The Morgan fingerprint density at radius 2 is 2.26 bits per heavy atom. The molecule has 19 heavy (non-hydrogen) atoms. The monoisotopic (exact) mass is 279 g/mol. The molecule has 3 N–H and O–H groups in total. The number of anilines is 1. The second-order valence-corrected chi connectivity index (χ2v) is 5.27. The molecule has 1 aromatic carbocycles. The SMILES string of the molecule is N#Cc1ccc(S(=O)(=O)NCc2ncon2)c(N)c1. The van der Waals surface area contributed by atoms with E-state index in [-0.39, 0.29) is 28.5 Å². The van der Waals surface area contributed by atoms with Gasteiger partial charge in [0.25, 0.3) is 0 Å². The van der Waals surface area contributed by atoms with Crippen LogP contribution in [-0.4, -0.2) is 18.6 Å². The number of nitrogen functional groups attached to an aromatic ring is 1. The average Bonchev–Trinajstić information content (AvgIpc) is 2.89. The molecule has 0 atom stereocenters. The van der Waals surface area contributed by atoms with Crippen molar-refractivity contribution in [2.24, 2.45) is 0 Å². The molecule has 98 valence electrons. The molecule has 8 nitrogen and oxygen atoms in total. The molecule has 0 radical (unpaired) electrons. The number of benzene rings is 1. The standard InChI is InChI=1S/C10H9N5O3S/c11-4-7-1-2-9(8(12)3-7)19(16,17)14-5-10-13-6-18-15-10/h1-3,6,14H,5,12H2. The van der Waals surface area contributed by atoms with Crippen LogP contribution in [0, 0.1) is 11.3 Å². The predicted octanol–water partition coefficient (Wildman–Crippen LogP) is 0.00198. The molecule has 0 aliphatic rings. The summed E-state index contributed by atoms with van der Waals surface area (Å²) in [6.45, 7) is -0.113. The van der Waals surface area contributed by atoms with Gasteiger partial charge in [0.1, 0.15) is 4.90 Å². The number of hydrogen-bond donors (Lipinski definition) is 2. The lowest BCUT2D eigenvalue weighted by atomic mass is 10.2. The molecule has 0 aliphatic heterocycles. The molecule has 2 aromatic rings. The van der Waals surface area contributed by atoms with Crippen molar-refractivity contribution in [1.82, 2.24) is 14.9 Å². The molecule has 0 unspecified atom stereocenters. The van der Waals surface area contributed by atoms with Gasteiger partial charge in [0, 0.05) is 0 Å². The highest BCUT2D eigenvalue weighted by atomic mass is 32.2. The molecule has 0 saturated heterocycles. The molecule has 1 aromatic heterocycles. The fraction of sp³-hybridized carbons (Fsp3) is 0.100. The van der Waals surface area contributed by atoms with E-state index in [4.69, 9.17) is 11.0 Å². The zero-order valence-corrected chi connectivity index (χ0v) is 10.4. The van der Waals surface area contributed by atoms with Crippen LogP contribution in [-0.2, 0) is 16.6 Å². The smallest absolute Gasteiger partial charge is 0.243 e. The van der Waals surface area contributed by atoms with Gasteiger partial charge in [0.2, 0.25) is 16.4 Å². The Hall–Kier alpha value is -2.44. The zero-order valence-electron chi connectivity index (χ0n) is 9.57. The topological polar surface area (TPSA) is 135 Å². The third kappa shape index (κ3) is 2.87. The first-order chi connectivity index (χ1) is 9.03. The van der Waals surface area contributed by atoms with Crippen LogP contribution in [0.2, 0.25) is 0 Å². The summed E-state index contributed by atoms with van der Waals surface area (Å²) in [5, 5.41) is 12.2. The Bertz CT molecular complexity index is 718. The predicted molar refractivity (Wildman–Crippen MR) is 63.9 cm³/mol. The zero-order chi connectivity index (χ0) is 13.9. The van der Waals surface area contributed by atoms with Crippen molar-refractivity contribution in [1.29, 1.82) is 5.26 Å². The lowest BCUT2D eigenvalue weighted by Crippen LogP contribution is -2.24. The van der Waals surface area contributed by atoms with Crippen molar-refractivity contribution < 1.29 is 12.9 Å². The number of nitrogens with two attached hydrogens (primary N) is 1. The summed E-state index contributed by atoms with van der Waals surface area (Å²) in [5.41, 5.74) is 5.90. The van der Waals surface area contributed by atoms with E-state index in [0.29, 0.717) is 0 Å². The third-order valence-corrected chi connectivity index (χ3v) is 3.73. The van der Waals surface area contributed by atoms with E-state index < -0.39 is 10.0 Å². The summed E-state index contributed by atoms with van der Waals surface area (Å²) in [7, 11) is -3.80. The van der Waals surface area contributed by atoms with Crippen LogP contribution in [0.5, 0.6) is 0 Å². The molecule has 0 fully saturated rings. The van der Waals surface area contributed by atoms with Crippen LogP contribution in [0.25, 0.3) is 0 Å². The molecule has 9 heteroatoms. The maximum atomic E-state index is 12.0. The normalized spacial score (nSPS) is 11.1. The Morgan fingerprint density at radius 3 is 2.84 bits per heavy atom. The first-order valence-corrected chi connectivity index (χ1v) is 6.56. The highest BCUT2D eigenvalue weighted by molar-refractivity contribution is 7.89. The van der Waals surface area contributed by atoms with E-state index >= 15 is 0 Å². The van der Waals surface area contributed by atoms with Crippen LogP contribution >= 0.6 is 0 Å². The van der Waals surface area contributed by atoms with E-state index in [9.17, 15) is 8.42 Å².